The lowest BCUT2D eigenvalue weighted by molar-refractivity contribution is -0.137. The molecule has 1 fully saturated rings. The molecule has 2 aromatic heterocycles. The highest BCUT2D eigenvalue weighted by Gasteiger charge is 2.30. The summed E-state index contributed by atoms with van der Waals surface area (Å²) in [4.78, 5) is 21.2. The van der Waals surface area contributed by atoms with Crippen LogP contribution < -0.4 is 0 Å². The van der Waals surface area contributed by atoms with Crippen molar-refractivity contribution in [2.75, 3.05) is 26.2 Å². The second kappa shape index (κ2) is 8.30. The van der Waals surface area contributed by atoms with E-state index in [0.29, 0.717) is 43.9 Å². The summed E-state index contributed by atoms with van der Waals surface area (Å²) in [6.45, 7) is 6.69. The smallest absolute Gasteiger partial charge is 0.336 e. The van der Waals surface area contributed by atoms with Crippen LogP contribution in [0.2, 0.25) is 0 Å². The van der Waals surface area contributed by atoms with Gasteiger partial charge in [0.25, 0.3) is 5.91 Å². The molecule has 1 saturated heterocycles. The Hall–Kier alpha value is -2.94. The van der Waals surface area contributed by atoms with Gasteiger partial charge in [0, 0.05) is 50.3 Å². The van der Waals surface area contributed by atoms with Gasteiger partial charge in [-0.15, -0.1) is 0 Å². The van der Waals surface area contributed by atoms with Crippen LogP contribution >= 0.6 is 0 Å². The molecule has 1 aliphatic rings. The van der Waals surface area contributed by atoms with Gasteiger partial charge in [0.15, 0.2) is 5.65 Å². The third-order valence-corrected chi connectivity index (χ3v) is 5.49. The number of piperazine rings is 1. The highest BCUT2D eigenvalue weighted by Crippen LogP contribution is 2.30. The molecule has 0 N–H and O–H groups in total. The fourth-order valence-electron chi connectivity index (χ4n) is 3.83. The molecule has 0 spiro atoms. The molecule has 0 atom stereocenters. The molecule has 0 saturated carbocycles. The summed E-state index contributed by atoms with van der Waals surface area (Å²) in [6.07, 6.45) is -1.05. The Morgan fingerprint density at radius 2 is 1.84 bits per heavy atom. The van der Waals surface area contributed by atoms with Crippen molar-refractivity contribution in [2.45, 2.75) is 32.6 Å². The first-order valence-corrected chi connectivity index (χ1v) is 10.2. The second-order valence-corrected chi connectivity index (χ2v) is 8.09. The van der Waals surface area contributed by atoms with Crippen LogP contribution in [0, 0.1) is 0 Å². The van der Waals surface area contributed by atoms with E-state index in [2.05, 4.69) is 15.0 Å². The van der Waals surface area contributed by atoms with Gasteiger partial charge in [0.05, 0.1) is 17.3 Å². The maximum atomic E-state index is 12.9. The number of carbonyl (C=O) groups is 1. The minimum Gasteiger partial charge on any atom is -0.336 e. The first-order chi connectivity index (χ1) is 14.7. The number of rotatable bonds is 4. The summed E-state index contributed by atoms with van der Waals surface area (Å²) in [5.41, 5.74) is 1.24. The maximum absolute atomic E-state index is 12.9. The molecule has 0 aliphatic carbocycles. The molecule has 6 nitrogen and oxygen atoms in total. The number of hydrogen-bond acceptors (Lipinski definition) is 4. The van der Waals surface area contributed by atoms with Crippen LogP contribution in [0.25, 0.3) is 11.0 Å². The Labute approximate surface area is 178 Å². The quantitative estimate of drug-likeness (QED) is 0.627. The Balaban J connectivity index is 1.38. The summed E-state index contributed by atoms with van der Waals surface area (Å²) in [5.74, 6) is -0.0922. The fourth-order valence-corrected chi connectivity index (χ4v) is 3.83. The van der Waals surface area contributed by atoms with Gasteiger partial charge in [-0.3, -0.25) is 9.69 Å². The Bertz CT molecular complexity index is 1080. The van der Waals surface area contributed by atoms with E-state index in [1.807, 2.05) is 24.6 Å². The molecular weight excluding hydrogens is 407 g/mol. The van der Waals surface area contributed by atoms with Gasteiger partial charge in [0.1, 0.15) is 0 Å². The van der Waals surface area contributed by atoms with Crippen LogP contribution in [0.1, 0.15) is 41.4 Å². The second-order valence-electron chi connectivity index (χ2n) is 8.09. The number of alkyl halides is 3. The average Bonchev–Trinajstić information content (AvgIpc) is 3.17. The number of pyridine rings is 1. The van der Waals surface area contributed by atoms with Gasteiger partial charge in [-0.2, -0.15) is 18.3 Å². The highest BCUT2D eigenvalue weighted by atomic mass is 19.4. The zero-order valence-corrected chi connectivity index (χ0v) is 17.4. The number of amides is 1. The molecule has 9 heteroatoms. The van der Waals surface area contributed by atoms with Gasteiger partial charge in [-0.25, -0.2) is 9.67 Å². The third-order valence-electron chi connectivity index (χ3n) is 5.49. The molecule has 4 rings (SSSR count). The van der Waals surface area contributed by atoms with Crippen molar-refractivity contribution in [1.82, 2.24) is 24.6 Å². The minimum atomic E-state index is -4.35. The number of fused-ring (bicyclic) bond motifs is 1. The van der Waals surface area contributed by atoms with E-state index in [1.54, 1.807) is 23.4 Å². The van der Waals surface area contributed by atoms with Crippen molar-refractivity contribution in [3.8, 4) is 0 Å². The van der Waals surface area contributed by atoms with Crippen molar-refractivity contribution in [2.24, 2.45) is 0 Å². The molecule has 1 aromatic carbocycles. The lowest BCUT2D eigenvalue weighted by Gasteiger charge is -2.34. The SMILES string of the molecule is CC(C)n1ncc2cc(C(=O)N3CCN(Cc4cccc(C(F)(F)F)c4)CC3)cnc21. The van der Waals surface area contributed by atoms with Crippen LogP contribution in [-0.2, 0) is 12.7 Å². The molecule has 0 bridgehead atoms. The van der Waals surface area contributed by atoms with E-state index in [9.17, 15) is 18.0 Å². The van der Waals surface area contributed by atoms with E-state index in [0.717, 1.165) is 17.1 Å². The van der Waals surface area contributed by atoms with Crippen molar-refractivity contribution >= 4 is 16.9 Å². The van der Waals surface area contributed by atoms with Gasteiger partial charge in [-0.05, 0) is 31.5 Å². The Morgan fingerprint density at radius 3 is 2.52 bits per heavy atom. The largest absolute Gasteiger partial charge is 0.416 e. The van der Waals surface area contributed by atoms with Gasteiger partial charge < -0.3 is 4.90 Å². The molecule has 31 heavy (non-hydrogen) atoms. The summed E-state index contributed by atoms with van der Waals surface area (Å²) < 4.78 is 40.6. The maximum Gasteiger partial charge on any atom is 0.416 e. The van der Waals surface area contributed by atoms with E-state index < -0.39 is 11.7 Å². The number of nitrogens with zero attached hydrogens (tertiary/aromatic N) is 5. The van der Waals surface area contributed by atoms with E-state index in [4.69, 9.17) is 0 Å². The first-order valence-electron chi connectivity index (χ1n) is 10.2. The van der Waals surface area contributed by atoms with Gasteiger partial charge in [0.2, 0.25) is 0 Å². The summed E-state index contributed by atoms with van der Waals surface area (Å²) in [6, 6.07) is 7.39. The average molecular weight is 431 g/mol. The van der Waals surface area contributed by atoms with Crippen molar-refractivity contribution < 1.29 is 18.0 Å². The number of aromatic nitrogens is 3. The minimum absolute atomic E-state index is 0.0922. The molecule has 1 amide bonds. The Kier molecular flexibility index (Phi) is 5.70. The van der Waals surface area contributed by atoms with E-state index in [-0.39, 0.29) is 11.9 Å². The van der Waals surface area contributed by atoms with Crippen molar-refractivity contribution in [3.05, 3.63) is 59.4 Å². The van der Waals surface area contributed by atoms with Gasteiger partial charge >= 0.3 is 6.18 Å². The fraction of sp³-hybridized carbons (Fsp3) is 0.409. The van der Waals surface area contributed by atoms with E-state index >= 15 is 0 Å². The topological polar surface area (TPSA) is 54.3 Å². The molecule has 164 valence electrons. The summed E-state index contributed by atoms with van der Waals surface area (Å²) in [5, 5.41) is 5.15. The van der Waals surface area contributed by atoms with Crippen LogP contribution in [0.3, 0.4) is 0 Å². The van der Waals surface area contributed by atoms with Crippen LogP contribution in [0.5, 0.6) is 0 Å². The molecule has 0 radical (unpaired) electrons. The number of benzene rings is 1. The summed E-state index contributed by atoms with van der Waals surface area (Å²) in [7, 11) is 0. The molecule has 3 aromatic rings. The lowest BCUT2D eigenvalue weighted by Crippen LogP contribution is -2.48. The van der Waals surface area contributed by atoms with Crippen molar-refractivity contribution in [1.29, 1.82) is 0 Å². The predicted octanol–water partition coefficient (Wildman–Crippen LogP) is 3.99. The predicted molar refractivity (Wildman–Crippen MR) is 111 cm³/mol. The zero-order valence-electron chi connectivity index (χ0n) is 17.4. The normalized spacial score (nSPS) is 15.7. The monoisotopic (exact) mass is 431 g/mol. The highest BCUT2D eigenvalue weighted by molar-refractivity contribution is 5.96. The lowest BCUT2D eigenvalue weighted by atomic mass is 10.1. The standard InChI is InChI=1S/C22H24F3N5O/c1-15(2)30-20-17(13-27-30)11-18(12-26-20)21(31)29-8-6-28(7-9-29)14-16-4-3-5-19(10-16)22(23,24)25/h3-5,10-13,15H,6-9,14H2,1-2H3. The van der Waals surface area contributed by atoms with Crippen molar-refractivity contribution in [3.63, 3.8) is 0 Å². The third kappa shape index (κ3) is 4.56. The molecular formula is C22H24F3N5O. The number of halogens is 3. The molecule has 0 unspecified atom stereocenters. The van der Waals surface area contributed by atoms with Crippen LogP contribution in [0.4, 0.5) is 13.2 Å². The van der Waals surface area contributed by atoms with Gasteiger partial charge in [-0.1, -0.05) is 18.2 Å². The van der Waals surface area contributed by atoms with Crippen LogP contribution in [0.15, 0.2) is 42.7 Å². The molecule has 1 aliphatic heterocycles. The Morgan fingerprint density at radius 1 is 1.10 bits per heavy atom. The van der Waals surface area contributed by atoms with E-state index in [1.165, 1.54) is 12.1 Å². The number of hydrogen-bond donors (Lipinski definition) is 0. The first kappa shape index (κ1) is 21.3. The number of carbonyl (C=O) groups excluding carboxylic acids is 1. The summed E-state index contributed by atoms with van der Waals surface area (Å²) >= 11 is 0. The zero-order chi connectivity index (χ0) is 22.2. The van der Waals surface area contributed by atoms with Crippen LogP contribution in [-0.4, -0.2) is 56.7 Å². The molecule has 3 heterocycles.